The van der Waals surface area contributed by atoms with Crippen LogP contribution in [0.3, 0.4) is 0 Å². The fourth-order valence-electron chi connectivity index (χ4n) is 1.68. The zero-order chi connectivity index (χ0) is 15.5. The third kappa shape index (κ3) is 4.97. The molecule has 1 N–H and O–H groups in total. The summed E-state index contributed by atoms with van der Waals surface area (Å²) in [5.41, 5.74) is -0.973. The van der Waals surface area contributed by atoms with Gasteiger partial charge in [-0.2, -0.15) is 0 Å². The molecule has 0 aromatic carbocycles. The third-order valence-electron chi connectivity index (χ3n) is 2.55. The maximum Gasteiger partial charge on any atom is 0.289 e. The van der Waals surface area contributed by atoms with Gasteiger partial charge in [0.15, 0.2) is 10.4 Å². The molecule has 0 atom stereocenters. The van der Waals surface area contributed by atoms with E-state index in [2.05, 4.69) is 15.9 Å². The van der Waals surface area contributed by atoms with E-state index in [9.17, 15) is 14.7 Å². The van der Waals surface area contributed by atoms with Crippen LogP contribution in [0.25, 0.3) is 0 Å². The van der Waals surface area contributed by atoms with E-state index in [1.165, 1.54) is 22.9 Å². The minimum Gasteiger partial charge on any atom is -0.444 e. The van der Waals surface area contributed by atoms with E-state index in [1.54, 1.807) is 27.0 Å². The summed E-state index contributed by atoms with van der Waals surface area (Å²) in [7, 11) is 3.11. The largest absolute Gasteiger partial charge is 0.444 e. The molecule has 0 radical (unpaired) electrons. The number of likely N-dealkylation sites (N-methyl/N-ethyl adjacent to an activating group) is 2. The highest BCUT2D eigenvalue weighted by atomic mass is 79.9. The predicted molar refractivity (Wildman–Crippen MR) is 77.3 cm³/mol. The molecular weight excluding hydrogens is 328 g/mol. The Morgan fingerprint density at radius 3 is 2.35 bits per heavy atom. The van der Waals surface area contributed by atoms with Gasteiger partial charge in [0.1, 0.15) is 0 Å². The molecule has 112 valence electrons. The maximum absolute atomic E-state index is 12.0. The highest BCUT2D eigenvalue weighted by molar-refractivity contribution is 9.10. The van der Waals surface area contributed by atoms with E-state index in [4.69, 9.17) is 4.42 Å². The molecule has 1 heterocycles. The molecule has 1 aromatic rings. The van der Waals surface area contributed by atoms with Gasteiger partial charge in [-0.1, -0.05) is 0 Å². The Bertz CT molecular complexity index is 493. The Hall–Kier alpha value is -1.34. The van der Waals surface area contributed by atoms with E-state index in [0.29, 0.717) is 4.67 Å². The summed E-state index contributed by atoms with van der Waals surface area (Å²) in [4.78, 5) is 26.6. The lowest BCUT2D eigenvalue weighted by Crippen LogP contribution is -2.44. The van der Waals surface area contributed by atoms with Crippen LogP contribution in [0, 0.1) is 0 Å². The fraction of sp³-hybridized carbons (Fsp3) is 0.538. The lowest BCUT2D eigenvalue weighted by Gasteiger charge is -2.27. The third-order valence-corrected chi connectivity index (χ3v) is 2.98. The van der Waals surface area contributed by atoms with Crippen LogP contribution in [0.5, 0.6) is 0 Å². The molecule has 20 heavy (non-hydrogen) atoms. The topological polar surface area (TPSA) is 74.0 Å². The van der Waals surface area contributed by atoms with Crippen LogP contribution >= 0.6 is 15.9 Å². The normalized spacial score (nSPS) is 11.3. The van der Waals surface area contributed by atoms with Crippen molar-refractivity contribution in [2.24, 2.45) is 0 Å². The van der Waals surface area contributed by atoms with Crippen molar-refractivity contribution >= 4 is 27.7 Å². The minimum absolute atomic E-state index is 0.0796. The van der Waals surface area contributed by atoms with Crippen LogP contribution in [0.15, 0.2) is 21.2 Å². The fourth-order valence-corrected chi connectivity index (χ4v) is 1.99. The van der Waals surface area contributed by atoms with Gasteiger partial charge in [0, 0.05) is 20.6 Å². The molecule has 1 rings (SSSR count). The van der Waals surface area contributed by atoms with Gasteiger partial charge < -0.3 is 19.3 Å². The number of hydrogen-bond donors (Lipinski definition) is 1. The summed E-state index contributed by atoms with van der Waals surface area (Å²) in [6.45, 7) is 3.35. The van der Waals surface area contributed by atoms with Crippen molar-refractivity contribution in [3.05, 3.63) is 22.6 Å². The van der Waals surface area contributed by atoms with E-state index in [0.717, 1.165) is 0 Å². The Labute approximate surface area is 126 Å². The van der Waals surface area contributed by atoms with Gasteiger partial charge >= 0.3 is 0 Å². The van der Waals surface area contributed by atoms with Crippen molar-refractivity contribution in [1.82, 2.24) is 9.80 Å². The Morgan fingerprint density at radius 1 is 1.30 bits per heavy atom. The van der Waals surface area contributed by atoms with Gasteiger partial charge in [-0.05, 0) is 41.9 Å². The monoisotopic (exact) mass is 346 g/mol. The first-order valence-electron chi connectivity index (χ1n) is 6.07. The summed E-state index contributed by atoms with van der Waals surface area (Å²) in [5, 5.41) is 9.67. The smallest absolute Gasteiger partial charge is 0.289 e. The van der Waals surface area contributed by atoms with Crippen molar-refractivity contribution in [2.45, 2.75) is 19.4 Å². The van der Waals surface area contributed by atoms with Gasteiger partial charge in [0.25, 0.3) is 5.91 Å². The lowest BCUT2D eigenvalue weighted by molar-refractivity contribution is -0.133. The van der Waals surface area contributed by atoms with Crippen LogP contribution in [0.2, 0.25) is 0 Å². The van der Waals surface area contributed by atoms with Gasteiger partial charge in [0.05, 0.1) is 12.1 Å². The van der Waals surface area contributed by atoms with Crippen molar-refractivity contribution in [3.63, 3.8) is 0 Å². The summed E-state index contributed by atoms with van der Waals surface area (Å²) in [5.74, 6) is -0.466. The van der Waals surface area contributed by atoms with Crippen LogP contribution in [0.4, 0.5) is 0 Å². The Morgan fingerprint density at radius 2 is 1.90 bits per heavy atom. The first kappa shape index (κ1) is 16.7. The van der Waals surface area contributed by atoms with Crippen LogP contribution in [-0.4, -0.2) is 59.5 Å². The number of hydrogen-bond acceptors (Lipinski definition) is 4. The van der Waals surface area contributed by atoms with Crippen molar-refractivity contribution < 1.29 is 19.1 Å². The van der Waals surface area contributed by atoms with Gasteiger partial charge in [-0.3, -0.25) is 9.59 Å². The second-order valence-electron chi connectivity index (χ2n) is 5.33. The predicted octanol–water partition coefficient (Wildman–Crippen LogP) is 1.34. The highest BCUT2D eigenvalue weighted by Gasteiger charge is 2.23. The number of carbonyl (C=O) groups excluding carboxylic acids is 2. The molecule has 0 aliphatic rings. The molecule has 1 aromatic heterocycles. The van der Waals surface area contributed by atoms with Gasteiger partial charge in [-0.25, -0.2) is 0 Å². The van der Waals surface area contributed by atoms with Gasteiger partial charge in [-0.15, -0.1) is 0 Å². The van der Waals surface area contributed by atoms with Crippen molar-refractivity contribution in [2.75, 3.05) is 27.2 Å². The molecule has 0 saturated heterocycles. The van der Waals surface area contributed by atoms with E-state index >= 15 is 0 Å². The number of carbonyl (C=O) groups is 2. The summed E-state index contributed by atoms with van der Waals surface area (Å²) >= 11 is 3.12. The summed E-state index contributed by atoms with van der Waals surface area (Å²) < 4.78 is 5.61. The first-order chi connectivity index (χ1) is 9.10. The zero-order valence-corrected chi connectivity index (χ0v) is 13.6. The zero-order valence-electron chi connectivity index (χ0n) is 12.0. The van der Waals surface area contributed by atoms with Gasteiger partial charge in [0.2, 0.25) is 5.91 Å². The molecule has 0 saturated carbocycles. The molecule has 0 bridgehead atoms. The van der Waals surface area contributed by atoms with Crippen LogP contribution in [0.1, 0.15) is 24.4 Å². The second kappa shape index (κ2) is 6.41. The molecule has 6 nitrogen and oxygen atoms in total. The number of halogens is 1. The molecule has 0 spiro atoms. The van der Waals surface area contributed by atoms with Crippen LogP contribution in [-0.2, 0) is 4.79 Å². The van der Waals surface area contributed by atoms with Crippen molar-refractivity contribution in [3.8, 4) is 0 Å². The summed E-state index contributed by atoms with van der Waals surface area (Å²) in [6.07, 6.45) is 0. The highest BCUT2D eigenvalue weighted by Crippen LogP contribution is 2.15. The Balaban J connectivity index is 2.59. The number of aliphatic hydroxyl groups is 1. The molecule has 0 aliphatic carbocycles. The molecule has 0 fully saturated rings. The molecule has 7 heteroatoms. The van der Waals surface area contributed by atoms with Crippen LogP contribution < -0.4 is 0 Å². The standard InChI is InChI=1S/C13H19BrN2O4/c1-13(2,19)8-16(4)11(17)7-15(3)12(18)9-5-6-10(14)20-9/h5-6,19H,7-8H2,1-4H3. The van der Waals surface area contributed by atoms with E-state index < -0.39 is 5.60 Å². The second-order valence-corrected chi connectivity index (χ2v) is 6.11. The first-order valence-corrected chi connectivity index (χ1v) is 6.86. The van der Waals surface area contributed by atoms with E-state index in [1.807, 2.05) is 0 Å². The summed E-state index contributed by atoms with van der Waals surface area (Å²) in [6, 6.07) is 3.15. The average Bonchev–Trinajstić information content (AvgIpc) is 2.72. The quantitative estimate of drug-likeness (QED) is 0.873. The van der Waals surface area contributed by atoms with Crippen molar-refractivity contribution in [1.29, 1.82) is 0 Å². The molecular formula is C13H19BrN2O4. The number of amides is 2. The molecule has 0 unspecified atom stereocenters. The number of nitrogens with zero attached hydrogens (tertiary/aromatic N) is 2. The Kier molecular flexibility index (Phi) is 5.35. The maximum atomic E-state index is 12.0. The SMILES string of the molecule is CN(CC(C)(C)O)C(=O)CN(C)C(=O)c1ccc(Br)o1. The van der Waals surface area contributed by atoms with E-state index in [-0.39, 0.29) is 30.7 Å². The molecule has 2 amide bonds. The minimum atomic E-state index is -0.973. The molecule has 0 aliphatic heterocycles. The lowest BCUT2D eigenvalue weighted by atomic mass is 10.1. The number of furan rings is 1. The number of rotatable bonds is 5. The average molecular weight is 347 g/mol.